The second kappa shape index (κ2) is 7.36. The van der Waals surface area contributed by atoms with Gasteiger partial charge in [0, 0.05) is 10.7 Å². The van der Waals surface area contributed by atoms with Gasteiger partial charge < -0.3 is 5.32 Å². The minimum Gasteiger partial charge on any atom is -0.335 e. The minimum absolute atomic E-state index is 0.124. The SMILES string of the molecule is CSC(=NC(C)c1ccccc1)Nc1ccc(Cl)cc1. The third kappa shape index (κ3) is 4.29. The van der Waals surface area contributed by atoms with Crippen LogP contribution in [0.15, 0.2) is 59.6 Å². The molecule has 0 fully saturated rings. The van der Waals surface area contributed by atoms with Crippen LogP contribution in [-0.4, -0.2) is 11.4 Å². The molecule has 0 saturated heterocycles. The quantitative estimate of drug-likeness (QED) is 0.620. The normalized spacial score (nSPS) is 13.1. The number of rotatable bonds is 3. The molecule has 0 amide bonds. The van der Waals surface area contributed by atoms with Crippen LogP contribution < -0.4 is 5.32 Å². The number of hydrogen-bond acceptors (Lipinski definition) is 2. The van der Waals surface area contributed by atoms with Gasteiger partial charge in [-0.05, 0) is 43.0 Å². The molecule has 0 aliphatic heterocycles. The molecule has 0 aliphatic rings. The Morgan fingerprint density at radius 1 is 1.10 bits per heavy atom. The van der Waals surface area contributed by atoms with Crippen LogP contribution in [0.4, 0.5) is 5.69 Å². The van der Waals surface area contributed by atoms with E-state index in [4.69, 9.17) is 16.6 Å². The van der Waals surface area contributed by atoms with Gasteiger partial charge in [-0.1, -0.05) is 53.7 Å². The van der Waals surface area contributed by atoms with Crippen LogP contribution in [0.3, 0.4) is 0 Å². The Labute approximate surface area is 129 Å². The highest BCUT2D eigenvalue weighted by molar-refractivity contribution is 8.13. The topological polar surface area (TPSA) is 24.4 Å². The van der Waals surface area contributed by atoms with E-state index in [1.54, 1.807) is 11.8 Å². The van der Waals surface area contributed by atoms with Crippen LogP contribution in [0.5, 0.6) is 0 Å². The minimum atomic E-state index is 0.124. The molecular weight excluding hydrogens is 288 g/mol. The standard InChI is InChI=1S/C16H17ClN2S/c1-12(13-6-4-3-5-7-13)18-16(20-2)19-15-10-8-14(17)9-11-15/h3-12H,1-2H3,(H,18,19). The number of aliphatic imine (C=N–C) groups is 1. The molecule has 20 heavy (non-hydrogen) atoms. The summed E-state index contributed by atoms with van der Waals surface area (Å²) in [6.07, 6.45) is 2.01. The number of hydrogen-bond donors (Lipinski definition) is 1. The van der Waals surface area contributed by atoms with E-state index in [0.717, 1.165) is 15.9 Å². The van der Waals surface area contributed by atoms with E-state index in [9.17, 15) is 0 Å². The van der Waals surface area contributed by atoms with Crippen molar-refractivity contribution in [3.8, 4) is 0 Å². The van der Waals surface area contributed by atoms with E-state index in [2.05, 4.69) is 24.4 Å². The largest absolute Gasteiger partial charge is 0.335 e. The Morgan fingerprint density at radius 2 is 1.75 bits per heavy atom. The van der Waals surface area contributed by atoms with Gasteiger partial charge in [-0.3, -0.25) is 4.99 Å². The molecule has 1 N–H and O–H groups in total. The Balaban J connectivity index is 2.11. The van der Waals surface area contributed by atoms with Crippen molar-refractivity contribution in [2.75, 3.05) is 11.6 Å². The first-order valence-electron chi connectivity index (χ1n) is 6.38. The molecule has 0 spiro atoms. The van der Waals surface area contributed by atoms with Crippen molar-refractivity contribution < 1.29 is 0 Å². The van der Waals surface area contributed by atoms with E-state index in [-0.39, 0.29) is 6.04 Å². The van der Waals surface area contributed by atoms with Crippen molar-refractivity contribution in [2.45, 2.75) is 13.0 Å². The number of anilines is 1. The Hall–Kier alpha value is -1.45. The molecule has 1 unspecified atom stereocenters. The molecule has 0 aromatic heterocycles. The van der Waals surface area contributed by atoms with Crippen molar-refractivity contribution >= 4 is 34.2 Å². The Bertz CT molecular complexity index is 567. The lowest BCUT2D eigenvalue weighted by Crippen LogP contribution is -2.08. The zero-order valence-corrected chi connectivity index (χ0v) is 13.1. The molecule has 2 rings (SSSR count). The molecule has 2 aromatic rings. The fourth-order valence-electron chi connectivity index (χ4n) is 1.77. The van der Waals surface area contributed by atoms with Crippen LogP contribution >= 0.6 is 23.4 Å². The van der Waals surface area contributed by atoms with Gasteiger partial charge >= 0.3 is 0 Å². The molecule has 0 aliphatic carbocycles. The number of benzene rings is 2. The zero-order chi connectivity index (χ0) is 14.4. The Morgan fingerprint density at radius 3 is 2.35 bits per heavy atom. The molecule has 1 atom stereocenters. The van der Waals surface area contributed by atoms with E-state index in [1.165, 1.54) is 5.56 Å². The zero-order valence-electron chi connectivity index (χ0n) is 11.5. The van der Waals surface area contributed by atoms with E-state index >= 15 is 0 Å². The molecule has 0 saturated carbocycles. The van der Waals surface area contributed by atoms with Gasteiger partial charge in [-0.2, -0.15) is 0 Å². The molecule has 0 bridgehead atoms. The van der Waals surface area contributed by atoms with E-state index in [1.807, 2.05) is 48.7 Å². The van der Waals surface area contributed by atoms with Gasteiger partial charge in [-0.25, -0.2) is 0 Å². The predicted octanol–water partition coefficient (Wildman–Crippen LogP) is 5.23. The number of nitrogens with one attached hydrogen (secondary N) is 1. The third-order valence-corrected chi connectivity index (χ3v) is 3.73. The maximum Gasteiger partial charge on any atom is 0.161 e. The predicted molar refractivity (Wildman–Crippen MR) is 90.9 cm³/mol. The van der Waals surface area contributed by atoms with Gasteiger partial charge in [0.25, 0.3) is 0 Å². The van der Waals surface area contributed by atoms with Crippen molar-refractivity contribution in [1.82, 2.24) is 0 Å². The third-order valence-electron chi connectivity index (χ3n) is 2.88. The highest BCUT2D eigenvalue weighted by atomic mass is 35.5. The first kappa shape index (κ1) is 14.9. The maximum absolute atomic E-state index is 5.88. The fourth-order valence-corrected chi connectivity index (χ4v) is 2.38. The van der Waals surface area contributed by atoms with Crippen LogP contribution in [0.25, 0.3) is 0 Å². The second-order valence-corrected chi connectivity index (χ2v) is 5.59. The van der Waals surface area contributed by atoms with Gasteiger partial charge in [-0.15, -0.1) is 0 Å². The maximum atomic E-state index is 5.88. The highest BCUT2D eigenvalue weighted by Gasteiger charge is 2.05. The second-order valence-electron chi connectivity index (χ2n) is 4.36. The Kier molecular flexibility index (Phi) is 5.50. The summed E-state index contributed by atoms with van der Waals surface area (Å²) in [6, 6.07) is 18.0. The molecule has 2 nitrogen and oxygen atoms in total. The van der Waals surface area contributed by atoms with Crippen LogP contribution in [-0.2, 0) is 0 Å². The molecule has 0 heterocycles. The molecular formula is C16H17ClN2S. The fraction of sp³-hybridized carbons (Fsp3) is 0.188. The average Bonchev–Trinajstić information content (AvgIpc) is 2.49. The average molecular weight is 305 g/mol. The molecule has 2 aromatic carbocycles. The summed E-state index contributed by atoms with van der Waals surface area (Å²) >= 11 is 7.48. The summed E-state index contributed by atoms with van der Waals surface area (Å²) in [5.74, 6) is 0. The van der Waals surface area contributed by atoms with Crippen molar-refractivity contribution in [3.05, 3.63) is 65.2 Å². The lowest BCUT2D eigenvalue weighted by molar-refractivity contribution is 0.823. The highest BCUT2D eigenvalue weighted by Crippen LogP contribution is 2.20. The van der Waals surface area contributed by atoms with E-state index < -0.39 is 0 Å². The first-order valence-corrected chi connectivity index (χ1v) is 7.98. The molecule has 104 valence electrons. The van der Waals surface area contributed by atoms with Gasteiger partial charge in [0.2, 0.25) is 0 Å². The summed E-state index contributed by atoms with van der Waals surface area (Å²) < 4.78 is 0. The van der Waals surface area contributed by atoms with Crippen LogP contribution in [0.2, 0.25) is 5.02 Å². The monoisotopic (exact) mass is 304 g/mol. The molecule has 4 heteroatoms. The lowest BCUT2D eigenvalue weighted by Gasteiger charge is -2.12. The van der Waals surface area contributed by atoms with Gasteiger partial charge in [0.1, 0.15) is 0 Å². The lowest BCUT2D eigenvalue weighted by atomic mass is 10.1. The van der Waals surface area contributed by atoms with Gasteiger partial charge in [0.15, 0.2) is 5.17 Å². The summed E-state index contributed by atoms with van der Waals surface area (Å²) in [4.78, 5) is 4.72. The van der Waals surface area contributed by atoms with Gasteiger partial charge in [0.05, 0.1) is 6.04 Å². The number of halogens is 1. The van der Waals surface area contributed by atoms with Crippen LogP contribution in [0, 0.1) is 0 Å². The first-order chi connectivity index (χ1) is 9.69. The van der Waals surface area contributed by atoms with Crippen molar-refractivity contribution in [1.29, 1.82) is 0 Å². The summed E-state index contributed by atoms with van der Waals surface area (Å²) in [6.45, 7) is 2.09. The summed E-state index contributed by atoms with van der Waals surface area (Å²) in [7, 11) is 0. The van der Waals surface area contributed by atoms with Crippen molar-refractivity contribution in [3.63, 3.8) is 0 Å². The van der Waals surface area contributed by atoms with Crippen LogP contribution in [0.1, 0.15) is 18.5 Å². The summed E-state index contributed by atoms with van der Waals surface area (Å²) in [5.41, 5.74) is 2.19. The van der Waals surface area contributed by atoms with Crippen molar-refractivity contribution in [2.24, 2.45) is 4.99 Å². The smallest absolute Gasteiger partial charge is 0.161 e. The number of nitrogens with zero attached hydrogens (tertiary/aromatic N) is 1. The number of amidine groups is 1. The summed E-state index contributed by atoms with van der Waals surface area (Å²) in [5, 5.41) is 4.94. The van der Waals surface area contributed by atoms with E-state index in [0.29, 0.717) is 0 Å². The molecule has 0 radical (unpaired) electrons. The number of thioether (sulfide) groups is 1.